The normalized spacial score (nSPS) is 12.9. The molecular weight excluding hydrogens is 300 g/mol. The van der Waals surface area contributed by atoms with Crippen molar-refractivity contribution in [1.82, 2.24) is 0 Å². The molecule has 0 aliphatic carbocycles. The molecule has 2 amide bonds. The molecule has 2 rings (SSSR count). The first-order chi connectivity index (χ1) is 9.95. The van der Waals surface area contributed by atoms with E-state index < -0.39 is 5.97 Å². The number of fused-ring (bicyclic) bond motifs is 1. The second-order valence-corrected chi connectivity index (χ2v) is 4.87. The third kappa shape index (κ3) is 4.09. The topological polar surface area (TPSA) is 105 Å². The number of nitrogens with one attached hydrogen (secondary N) is 2. The Kier molecular flexibility index (Phi) is 4.64. The van der Waals surface area contributed by atoms with Gasteiger partial charge in [0.2, 0.25) is 5.91 Å². The summed E-state index contributed by atoms with van der Waals surface area (Å²) < 4.78 is 5.23. The minimum Gasteiger partial charge on any atom is -0.482 e. The van der Waals surface area contributed by atoms with Crippen LogP contribution >= 0.6 is 11.6 Å². The molecule has 1 aliphatic heterocycles. The molecule has 0 atom stereocenters. The van der Waals surface area contributed by atoms with Crippen LogP contribution in [0.4, 0.5) is 11.4 Å². The number of amides is 2. The Morgan fingerprint density at radius 3 is 2.86 bits per heavy atom. The van der Waals surface area contributed by atoms with Crippen molar-refractivity contribution in [3.63, 3.8) is 0 Å². The lowest BCUT2D eigenvalue weighted by molar-refractivity contribution is -0.137. The molecule has 3 N–H and O–H groups in total. The Hall–Kier alpha value is -2.28. The maximum atomic E-state index is 11.7. The van der Waals surface area contributed by atoms with Crippen molar-refractivity contribution in [3.8, 4) is 5.75 Å². The van der Waals surface area contributed by atoms with E-state index in [9.17, 15) is 14.4 Å². The highest BCUT2D eigenvalue weighted by atomic mass is 35.5. The van der Waals surface area contributed by atoms with Gasteiger partial charge in [0, 0.05) is 18.9 Å². The quantitative estimate of drug-likeness (QED) is 0.769. The third-order valence-corrected chi connectivity index (χ3v) is 3.08. The van der Waals surface area contributed by atoms with E-state index in [4.69, 9.17) is 21.4 Å². The Bertz CT molecular complexity index is 602. The fraction of sp³-hybridized carbons (Fsp3) is 0.308. The molecule has 0 spiro atoms. The van der Waals surface area contributed by atoms with Crippen molar-refractivity contribution in [2.45, 2.75) is 19.3 Å². The first kappa shape index (κ1) is 15.1. The number of ether oxygens (including phenoxy) is 1. The van der Waals surface area contributed by atoms with E-state index in [1.54, 1.807) is 0 Å². The van der Waals surface area contributed by atoms with Crippen molar-refractivity contribution in [2.24, 2.45) is 0 Å². The van der Waals surface area contributed by atoms with Gasteiger partial charge in [0.15, 0.2) is 6.61 Å². The highest BCUT2D eigenvalue weighted by Crippen LogP contribution is 2.36. The number of hydrogen-bond acceptors (Lipinski definition) is 4. The number of rotatable bonds is 5. The summed E-state index contributed by atoms with van der Waals surface area (Å²) in [4.78, 5) is 33.2. The van der Waals surface area contributed by atoms with Crippen LogP contribution in [0.25, 0.3) is 0 Å². The van der Waals surface area contributed by atoms with Gasteiger partial charge in [-0.2, -0.15) is 0 Å². The van der Waals surface area contributed by atoms with Crippen LogP contribution in [0.3, 0.4) is 0 Å². The summed E-state index contributed by atoms with van der Waals surface area (Å²) in [7, 11) is 0. The molecule has 0 aromatic heterocycles. The number of hydrogen-bond donors (Lipinski definition) is 3. The first-order valence-corrected chi connectivity index (χ1v) is 6.61. The van der Waals surface area contributed by atoms with Crippen LogP contribution in [-0.4, -0.2) is 29.5 Å². The molecule has 1 aromatic carbocycles. The van der Waals surface area contributed by atoms with Crippen LogP contribution in [0.1, 0.15) is 19.3 Å². The van der Waals surface area contributed by atoms with E-state index in [0.717, 1.165) is 0 Å². The molecule has 0 unspecified atom stereocenters. The Morgan fingerprint density at radius 1 is 1.38 bits per heavy atom. The highest BCUT2D eigenvalue weighted by molar-refractivity contribution is 6.34. The minimum absolute atomic E-state index is 0.0690. The molecule has 21 heavy (non-hydrogen) atoms. The minimum atomic E-state index is -0.946. The van der Waals surface area contributed by atoms with E-state index >= 15 is 0 Å². The van der Waals surface area contributed by atoms with Crippen molar-refractivity contribution < 1.29 is 24.2 Å². The van der Waals surface area contributed by atoms with Gasteiger partial charge in [0.05, 0.1) is 16.4 Å². The first-order valence-electron chi connectivity index (χ1n) is 6.23. The van der Waals surface area contributed by atoms with Gasteiger partial charge in [-0.3, -0.25) is 14.4 Å². The van der Waals surface area contributed by atoms with Crippen LogP contribution in [-0.2, 0) is 14.4 Å². The zero-order valence-corrected chi connectivity index (χ0v) is 11.7. The van der Waals surface area contributed by atoms with Crippen molar-refractivity contribution in [2.75, 3.05) is 17.2 Å². The smallest absolute Gasteiger partial charge is 0.303 e. The summed E-state index contributed by atoms with van der Waals surface area (Å²) in [5.41, 5.74) is 0.798. The van der Waals surface area contributed by atoms with Gasteiger partial charge in [0.1, 0.15) is 5.75 Å². The van der Waals surface area contributed by atoms with Gasteiger partial charge < -0.3 is 20.5 Å². The summed E-state index contributed by atoms with van der Waals surface area (Å²) in [6, 6.07) is 3.01. The zero-order chi connectivity index (χ0) is 15.4. The van der Waals surface area contributed by atoms with Crippen molar-refractivity contribution in [3.05, 3.63) is 17.2 Å². The van der Waals surface area contributed by atoms with E-state index in [1.165, 1.54) is 12.1 Å². The number of aliphatic carboxylic acids is 1. The van der Waals surface area contributed by atoms with Crippen LogP contribution in [0.5, 0.6) is 5.75 Å². The van der Waals surface area contributed by atoms with Gasteiger partial charge >= 0.3 is 5.97 Å². The predicted octanol–water partition coefficient (Wildman–Crippen LogP) is 1.86. The number of anilines is 2. The average molecular weight is 313 g/mol. The number of carbonyl (C=O) groups is 3. The van der Waals surface area contributed by atoms with Gasteiger partial charge in [-0.15, -0.1) is 0 Å². The molecule has 0 radical (unpaired) electrons. The van der Waals surface area contributed by atoms with Crippen LogP contribution < -0.4 is 15.4 Å². The fourth-order valence-corrected chi connectivity index (χ4v) is 2.02. The summed E-state index contributed by atoms with van der Waals surface area (Å²) in [5.74, 6) is -1.14. The summed E-state index contributed by atoms with van der Waals surface area (Å²) in [6.07, 6.45) is 0.258. The fourth-order valence-electron chi connectivity index (χ4n) is 1.81. The molecule has 112 valence electrons. The Balaban J connectivity index is 2.02. The maximum absolute atomic E-state index is 11.7. The number of benzene rings is 1. The molecule has 1 aliphatic rings. The predicted molar refractivity (Wildman–Crippen MR) is 75.7 cm³/mol. The van der Waals surface area contributed by atoms with Crippen LogP contribution in [0, 0.1) is 0 Å². The molecule has 1 heterocycles. The zero-order valence-electron chi connectivity index (χ0n) is 10.9. The summed E-state index contributed by atoms with van der Waals surface area (Å²) in [6.45, 7) is -0.0966. The monoisotopic (exact) mass is 312 g/mol. The van der Waals surface area contributed by atoms with Gasteiger partial charge in [0.25, 0.3) is 5.91 Å². The number of carboxylic acids is 1. The average Bonchev–Trinajstić information content (AvgIpc) is 2.39. The standard InChI is InChI=1S/C13H13ClN2O5/c14-7-4-9-10(21-6-12(18)16-9)5-8(7)15-11(17)2-1-3-13(19)20/h4-5H,1-3,6H2,(H,15,17)(H,16,18)(H,19,20). The molecule has 0 fully saturated rings. The van der Waals surface area contributed by atoms with Crippen LogP contribution in [0.15, 0.2) is 12.1 Å². The lowest BCUT2D eigenvalue weighted by Gasteiger charge is -2.19. The van der Waals surface area contributed by atoms with E-state index in [-0.39, 0.29) is 42.7 Å². The largest absolute Gasteiger partial charge is 0.482 e. The van der Waals surface area contributed by atoms with Gasteiger partial charge in [-0.1, -0.05) is 11.6 Å². The molecule has 1 aromatic rings. The Morgan fingerprint density at radius 2 is 2.14 bits per heavy atom. The Labute approximate surface area is 125 Å². The van der Waals surface area contributed by atoms with Gasteiger partial charge in [-0.25, -0.2) is 0 Å². The second kappa shape index (κ2) is 6.45. The molecule has 7 nitrogen and oxygen atoms in total. The van der Waals surface area contributed by atoms with Crippen molar-refractivity contribution >= 4 is 40.8 Å². The van der Waals surface area contributed by atoms with Crippen molar-refractivity contribution in [1.29, 1.82) is 0 Å². The lowest BCUT2D eigenvalue weighted by Crippen LogP contribution is -2.25. The molecule has 0 saturated carbocycles. The van der Waals surface area contributed by atoms with Gasteiger partial charge in [-0.05, 0) is 12.5 Å². The molecular formula is C13H13ClN2O5. The number of halogens is 1. The summed E-state index contributed by atoms with van der Waals surface area (Å²) >= 11 is 6.02. The maximum Gasteiger partial charge on any atom is 0.303 e. The SMILES string of the molecule is O=C(O)CCCC(=O)Nc1cc2c(cc1Cl)NC(=O)CO2. The summed E-state index contributed by atoms with van der Waals surface area (Å²) in [5, 5.41) is 14.0. The molecule has 0 saturated heterocycles. The number of carbonyl (C=O) groups excluding carboxylic acids is 2. The van der Waals surface area contributed by atoms with Crippen LogP contribution in [0.2, 0.25) is 5.02 Å². The molecule has 8 heteroatoms. The van der Waals surface area contributed by atoms with E-state index in [2.05, 4.69) is 10.6 Å². The number of carboxylic acid groups (broad SMARTS) is 1. The van der Waals surface area contributed by atoms with E-state index in [1.807, 2.05) is 0 Å². The third-order valence-electron chi connectivity index (χ3n) is 2.77. The van der Waals surface area contributed by atoms with E-state index in [0.29, 0.717) is 17.1 Å². The highest BCUT2D eigenvalue weighted by Gasteiger charge is 2.19. The second-order valence-electron chi connectivity index (χ2n) is 4.46. The molecule has 0 bridgehead atoms. The lowest BCUT2D eigenvalue weighted by atomic mass is 10.2.